The maximum absolute atomic E-state index is 13.6. The van der Waals surface area contributed by atoms with E-state index in [-0.39, 0.29) is 6.07 Å². The highest BCUT2D eigenvalue weighted by Crippen LogP contribution is 2.45. The van der Waals surface area contributed by atoms with Gasteiger partial charge in [0.25, 0.3) is 0 Å². The van der Waals surface area contributed by atoms with Crippen LogP contribution >= 0.6 is 0 Å². The zero-order valence-corrected chi connectivity index (χ0v) is 14.2. The molecule has 1 atom stereocenters. The predicted octanol–water partition coefficient (Wildman–Crippen LogP) is 5.01. The summed E-state index contributed by atoms with van der Waals surface area (Å²) in [6.45, 7) is 7.06. The molecule has 0 aliphatic heterocycles. The minimum atomic E-state index is -6.08. The summed E-state index contributed by atoms with van der Waals surface area (Å²) in [4.78, 5) is 2.85. The lowest BCUT2D eigenvalue weighted by Crippen LogP contribution is -2.34. The molecule has 0 amide bonds. The highest BCUT2D eigenvalue weighted by Gasteiger charge is 2.60. The number of hydrogen-bond donors (Lipinski definition) is 0. The molecule has 0 N–H and O–H groups in total. The van der Waals surface area contributed by atoms with Crippen LogP contribution in [-0.2, 0) is 21.5 Å². The molecule has 0 aliphatic rings. The largest absolute Gasteiger partial charge is 0.458 e. The lowest BCUT2D eigenvalue weighted by molar-refractivity contribution is -0.290. The van der Waals surface area contributed by atoms with Crippen LogP contribution in [0.2, 0.25) is 0 Å². The molecule has 0 aromatic heterocycles. The second kappa shape index (κ2) is 7.23. The van der Waals surface area contributed by atoms with E-state index in [4.69, 9.17) is 6.57 Å². The quantitative estimate of drug-likeness (QED) is 0.516. The maximum Gasteiger partial charge on any atom is 0.458 e. The van der Waals surface area contributed by atoms with Crippen molar-refractivity contribution in [3.63, 3.8) is 0 Å². The molecule has 0 aliphatic carbocycles. The van der Waals surface area contributed by atoms with Crippen molar-refractivity contribution in [1.29, 1.82) is 0 Å². The fourth-order valence-electron chi connectivity index (χ4n) is 2.34. The Morgan fingerprint density at radius 1 is 1.00 bits per heavy atom. The molecule has 0 bridgehead atoms. The van der Waals surface area contributed by atoms with E-state index in [9.17, 15) is 34.8 Å². The van der Waals surface area contributed by atoms with Gasteiger partial charge in [-0.2, -0.15) is 22.0 Å². The van der Waals surface area contributed by atoms with Gasteiger partial charge >= 0.3 is 17.5 Å². The number of nitrogens with zero attached hydrogens (tertiary/aromatic N) is 1. The molecule has 10 heteroatoms. The Morgan fingerprint density at radius 3 is 2.11 bits per heavy atom. The van der Waals surface area contributed by atoms with Crippen LogP contribution in [0.1, 0.15) is 22.1 Å². The molecule has 1 unspecified atom stereocenters. The van der Waals surface area contributed by atoms with Gasteiger partial charge in [0, 0.05) is 0 Å². The Bertz CT molecular complexity index is 965. The van der Waals surface area contributed by atoms with E-state index in [0.717, 1.165) is 0 Å². The number of hydrogen-bond acceptors (Lipinski definition) is 2. The number of halogens is 6. The lowest BCUT2D eigenvalue weighted by Gasteiger charge is -2.21. The van der Waals surface area contributed by atoms with Crippen molar-refractivity contribution >= 4 is 9.84 Å². The van der Waals surface area contributed by atoms with E-state index in [2.05, 4.69) is 4.85 Å². The molecule has 2 rings (SSSR count). The van der Waals surface area contributed by atoms with Crippen molar-refractivity contribution < 1.29 is 34.8 Å². The molecule has 27 heavy (non-hydrogen) atoms. The first-order valence-corrected chi connectivity index (χ1v) is 8.98. The van der Waals surface area contributed by atoms with Crippen LogP contribution in [0.3, 0.4) is 0 Å². The van der Waals surface area contributed by atoms with E-state index in [1.165, 1.54) is 24.3 Å². The smallest absolute Gasteiger partial charge is 0.291 e. The molecular formula is C17H11F6NO2S. The van der Waals surface area contributed by atoms with Crippen LogP contribution in [0.25, 0.3) is 4.85 Å². The fourth-order valence-corrected chi connectivity index (χ4v) is 3.87. The van der Waals surface area contributed by atoms with Gasteiger partial charge in [-0.25, -0.2) is 19.4 Å². The summed E-state index contributed by atoms with van der Waals surface area (Å²) in [6.07, 6.45) is -6.08. The fraction of sp³-hybridized carbons (Fsp3) is 0.235. The lowest BCUT2D eigenvalue weighted by atomic mass is 10.0. The summed E-state index contributed by atoms with van der Waals surface area (Å²) in [6, 6.07) is 8.67. The van der Waals surface area contributed by atoms with Crippen molar-refractivity contribution in [2.24, 2.45) is 0 Å². The first kappa shape index (κ1) is 20.8. The second-order valence-electron chi connectivity index (χ2n) is 5.59. The van der Waals surface area contributed by atoms with Crippen molar-refractivity contribution in [1.82, 2.24) is 0 Å². The van der Waals surface area contributed by atoms with Crippen LogP contribution in [0, 0.1) is 12.4 Å². The molecule has 0 spiro atoms. The Labute approximate surface area is 151 Å². The van der Waals surface area contributed by atoms with Crippen LogP contribution in [0.15, 0.2) is 48.5 Å². The van der Waals surface area contributed by atoms with Crippen molar-refractivity contribution in [2.75, 3.05) is 0 Å². The second-order valence-corrected chi connectivity index (χ2v) is 7.65. The Hall–Kier alpha value is -2.54. The van der Waals surface area contributed by atoms with E-state index in [1.807, 2.05) is 0 Å². The van der Waals surface area contributed by atoms with Gasteiger partial charge in [-0.05, 0) is 23.8 Å². The molecule has 2 aromatic rings. The minimum Gasteiger partial charge on any atom is -0.291 e. The summed E-state index contributed by atoms with van der Waals surface area (Å²) in [7, 11) is -4.29. The van der Waals surface area contributed by atoms with Gasteiger partial charge in [0.2, 0.25) is 9.84 Å². The molecular weight excluding hydrogens is 396 g/mol. The first-order valence-electron chi connectivity index (χ1n) is 7.26. The van der Waals surface area contributed by atoms with Gasteiger partial charge in [0.05, 0.1) is 16.9 Å². The van der Waals surface area contributed by atoms with E-state index < -0.39 is 50.0 Å². The predicted molar refractivity (Wildman–Crippen MR) is 84.8 cm³/mol. The Kier molecular flexibility index (Phi) is 5.56. The van der Waals surface area contributed by atoms with Crippen LogP contribution in [-0.4, -0.2) is 14.6 Å². The Balaban J connectivity index is 2.50. The highest BCUT2D eigenvalue weighted by molar-refractivity contribution is 7.91. The standard InChI is InChI=1S/C17H11F6NO2S/c1-24-15(27(25,26)10-11-5-3-2-4-6-11)12-7-8-14(18)13(9-12)16(19,20)17(21,22)23/h2-9,15H,10H2. The van der Waals surface area contributed by atoms with Crippen molar-refractivity contribution in [3.8, 4) is 0 Å². The minimum absolute atomic E-state index is 0.0775. The van der Waals surface area contributed by atoms with Crippen LogP contribution < -0.4 is 0 Å². The molecule has 0 fully saturated rings. The zero-order chi connectivity index (χ0) is 20.5. The Morgan fingerprint density at radius 2 is 1.59 bits per heavy atom. The molecule has 0 radical (unpaired) electrons. The number of benzene rings is 2. The SMILES string of the molecule is [C-]#[N+]C(c1ccc(F)c(C(F)(F)C(F)(F)F)c1)S(=O)(=O)Cc1ccccc1. The van der Waals surface area contributed by atoms with Gasteiger partial charge in [0.1, 0.15) is 5.82 Å². The summed E-state index contributed by atoms with van der Waals surface area (Å²) in [5, 5.41) is -2.05. The third-order valence-electron chi connectivity index (χ3n) is 3.64. The molecule has 144 valence electrons. The highest BCUT2D eigenvalue weighted by atomic mass is 32.2. The monoisotopic (exact) mass is 407 g/mol. The summed E-state index contributed by atoms with van der Waals surface area (Å²) in [5.41, 5.74) is -2.40. The molecule has 3 nitrogen and oxygen atoms in total. The summed E-state index contributed by atoms with van der Waals surface area (Å²) in [5.74, 6) is -8.03. The van der Waals surface area contributed by atoms with Gasteiger partial charge < -0.3 is 0 Å². The van der Waals surface area contributed by atoms with Gasteiger partial charge in [0.15, 0.2) is 0 Å². The van der Waals surface area contributed by atoms with Crippen molar-refractivity contribution in [2.45, 2.75) is 23.2 Å². The summed E-state index contributed by atoms with van der Waals surface area (Å²) >= 11 is 0. The van der Waals surface area contributed by atoms with Gasteiger partial charge in [-0.1, -0.05) is 30.3 Å². The average molecular weight is 407 g/mol. The molecule has 0 saturated carbocycles. The summed E-state index contributed by atoms with van der Waals surface area (Å²) < 4.78 is 103. The molecule has 2 aromatic carbocycles. The zero-order valence-electron chi connectivity index (χ0n) is 13.3. The van der Waals surface area contributed by atoms with E-state index in [1.54, 1.807) is 6.07 Å². The van der Waals surface area contributed by atoms with E-state index >= 15 is 0 Å². The molecule has 0 saturated heterocycles. The third-order valence-corrected chi connectivity index (χ3v) is 5.43. The van der Waals surface area contributed by atoms with Crippen LogP contribution in [0.5, 0.6) is 0 Å². The normalized spacial score (nSPS) is 13.8. The first-order chi connectivity index (χ1) is 12.4. The van der Waals surface area contributed by atoms with Crippen LogP contribution in [0.4, 0.5) is 26.3 Å². The maximum atomic E-state index is 13.6. The van der Waals surface area contributed by atoms with E-state index in [0.29, 0.717) is 17.7 Å². The van der Waals surface area contributed by atoms with Gasteiger partial charge in [-0.3, -0.25) is 4.85 Å². The van der Waals surface area contributed by atoms with Gasteiger partial charge in [-0.15, -0.1) is 0 Å². The number of rotatable bonds is 5. The topological polar surface area (TPSA) is 38.5 Å². The number of alkyl halides is 5. The number of sulfone groups is 1. The molecule has 0 heterocycles. The third kappa shape index (κ3) is 4.24. The van der Waals surface area contributed by atoms with Crippen molar-refractivity contribution in [3.05, 3.63) is 82.5 Å². The average Bonchev–Trinajstić information content (AvgIpc) is 2.56.